The Morgan fingerprint density at radius 3 is 2.76 bits per heavy atom. The van der Waals surface area contributed by atoms with Crippen LogP contribution in [0.1, 0.15) is 28.1 Å². The quantitative estimate of drug-likeness (QED) is 0.799. The fraction of sp³-hybridized carbons (Fsp3) is 0.353. The standard InChI is InChI=1S/C17H21N3S/c1-11(18)9-15-6-4-5-14-7-8-20(17(14)15)10-16-19-12(2)13(3)21-16/h4-8,11H,9-10,18H2,1-3H3. The van der Waals surface area contributed by atoms with Gasteiger partial charge in [-0.3, -0.25) is 0 Å². The highest BCUT2D eigenvalue weighted by molar-refractivity contribution is 7.11. The molecule has 110 valence electrons. The first-order chi connectivity index (χ1) is 10.0. The number of rotatable bonds is 4. The van der Waals surface area contributed by atoms with Gasteiger partial charge in [-0.15, -0.1) is 11.3 Å². The largest absolute Gasteiger partial charge is 0.340 e. The van der Waals surface area contributed by atoms with Gasteiger partial charge >= 0.3 is 0 Å². The molecular formula is C17H21N3S. The number of hydrogen-bond acceptors (Lipinski definition) is 3. The van der Waals surface area contributed by atoms with Crippen LogP contribution in [-0.2, 0) is 13.0 Å². The first-order valence-electron chi connectivity index (χ1n) is 7.30. The minimum atomic E-state index is 0.170. The van der Waals surface area contributed by atoms with Crippen LogP contribution < -0.4 is 5.73 Å². The number of nitrogens with zero attached hydrogens (tertiary/aromatic N) is 2. The number of benzene rings is 1. The van der Waals surface area contributed by atoms with Crippen LogP contribution in [0.15, 0.2) is 30.5 Å². The van der Waals surface area contributed by atoms with Gasteiger partial charge in [-0.25, -0.2) is 4.98 Å². The molecule has 0 spiro atoms. The molecular weight excluding hydrogens is 278 g/mol. The topological polar surface area (TPSA) is 43.8 Å². The Labute approximate surface area is 129 Å². The first-order valence-corrected chi connectivity index (χ1v) is 8.11. The van der Waals surface area contributed by atoms with Crippen molar-refractivity contribution in [2.45, 2.75) is 39.8 Å². The summed E-state index contributed by atoms with van der Waals surface area (Å²) in [5, 5.41) is 2.44. The van der Waals surface area contributed by atoms with Gasteiger partial charge in [-0.1, -0.05) is 18.2 Å². The molecule has 0 fully saturated rings. The Hall–Kier alpha value is -1.65. The van der Waals surface area contributed by atoms with Crippen molar-refractivity contribution in [3.05, 3.63) is 51.6 Å². The monoisotopic (exact) mass is 299 g/mol. The molecule has 1 unspecified atom stereocenters. The van der Waals surface area contributed by atoms with Gasteiger partial charge in [-0.2, -0.15) is 0 Å². The Bertz CT molecular complexity index is 748. The van der Waals surface area contributed by atoms with E-state index < -0.39 is 0 Å². The van der Waals surface area contributed by atoms with E-state index in [2.05, 4.69) is 60.8 Å². The van der Waals surface area contributed by atoms with Gasteiger partial charge in [0.1, 0.15) is 5.01 Å². The highest BCUT2D eigenvalue weighted by atomic mass is 32.1. The van der Waals surface area contributed by atoms with Gasteiger partial charge in [0.2, 0.25) is 0 Å². The molecule has 21 heavy (non-hydrogen) atoms. The van der Waals surface area contributed by atoms with Crippen molar-refractivity contribution in [1.29, 1.82) is 0 Å². The first kappa shape index (κ1) is 14.3. The highest BCUT2D eigenvalue weighted by Crippen LogP contribution is 2.24. The van der Waals surface area contributed by atoms with Crippen molar-refractivity contribution in [2.24, 2.45) is 5.73 Å². The molecule has 0 saturated carbocycles. The van der Waals surface area contributed by atoms with E-state index in [9.17, 15) is 0 Å². The minimum Gasteiger partial charge on any atom is -0.340 e. The molecule has 0 aliphatic heterocycles. The number of fused-ring (bicyclic) bond motifs is 1. The summed E-state index contributed by atoms with van der Waals surface area (Å²) in [5.41, 5.74) is 9.74. The summed E-state index contributed by atoms with van der Waals surface area (Å²) in [6, 6.07) is 8.80. The predicted molar refractivity (Wildman–Crippen MR) is 90.0 cm³/mol. The number of aryl methyl sites for hydroxylation is 2. The average Bonchev–Trinajstić information content (AvgIpc) is 2.95. The van der Waals surface area contributed by atoms with Crippen LogP contribution >= 0.6 is 11.3 Å². The molecule has 1 aromatic carbocycles. The molecule has 0 radical (unpaired) electrons. The Kier molecular flexibility index (Phi) is 3.83. The van der Waals surface area contributed by atoms with E-state index in [1.807, 2.05) is 0 Å². The highest BCUT2D eigenvalue weighted by Gasteiger charge is 2.10. The third-order valence-electron chi connectivity index (χ3n) is 3.79. The van der Waals surface area contributed by atoms with Crippen molar-refractivity contribution in [2.75, 3.05) is 0 Å². The van der Waals surface area contributed by atoms with Crippen LogP contribution in [0.2, 0.25) is 0 Å². The van der Waals surface area contributed by atoms with Crippen molar-refractivity contribution in [3.8, 4) is 0 Å². The van der Waals surface area contributed by atoms with Crippen LogP contribution in [0.4, 0.5) is 0 Å². The average molecular weight is 299 g/mol. The maximum absolute atomic E-state index is 5.99. The number of aromatic nitrogens is 2. The number of thiazole rings is 1. The number of hydrogen-bond donors (Lipinski definition) is 1. The van der Waals surface area contributed by atoms with Gasteiger partial charge in [-0.05, 0) is 44.2 Å². The van der Waals surface area contributed by atoms with Crippen LogP contribution in [0.3, 0.4) is 0 Å². The fourth-order valence-corrected chi connectivity index (χ4v) is 3.67. The maximum atomic E-state index is 5.99. The second-order valence-corrected chi connectivity index (χ2v) is 7.02. The van der Waals surface area contributed by atoms with Crippen LogP contribution in [0.5, 0.6) is 0 Å². The van der Waals surface area contributed by atoms with Crippen molar-refractivity contribution in [1.82, 2.24) is 9.55 Å². The Morgan fingerprint density at radius 1 is 1.29 bits per heavy atom. The summed E-state index contributed by atoms with van der Waals surface area (Å²) in [6.07, 6.45) is 3.05. The van der Waals surface area contributed by atoms with Crippen molar-refractivity contribution in [3.63, 3.8) is 0 Å². The lowest BCUT2D eigenvalue weighted by Gasteiger charge is -2.10. The molecule has 0 amide bonds. The Morgan fingerprint density at radius 2 is 2.10 bits per heavy atom. The number of para-hydroxylation sites is 1. The van der Waals surface area contributed by atoms with Gasteiger partial charge in [0, 0.05) is 17.1 Å². The molecule has 0 aliphatic carbocycles. The van der Waals surface area contributed by atoms with E-state index in [-0.39, 0.29) is 6.04 Å². The molecule has 2 N–H and O–H groups in total. The summed E-state index contributed by atoms with van der Waals surface area (Å²) in [6.45, 7) is 7.09. The van der Waals surface area contributed by atoms with E-state index in [1.54, 1.807) is 11.3 Å². The van der Waals surface area contributed by atoms with Crippen LogP contribution in [0.25, 0.3) is 10.9 Å². The lowest BCUT2D eigenvalue weighted by molar-refractivity contribution is 0.734. The van der Waals surface area contributed by atoms with Crippen molar-refractivity contribution < 1.29 is 0 Å². The molecule has 0 saturated heterocycles. The van der Waals surface area contributed by atoms with E-state index >= 15 is 0 Å². The van der Waals surface area contributed by atoms with E-state index in [4.69, 9.17) is 5.73 Å². The van der Waals surface area contributed by atoms with Gasteiger partial charge < -0.3 is 10.3 Å². The summed E-state index contributed by atoms with van der Waals surface area (Å²) >= 11 is 1.78. The maximum Gasteiger partial charge on any atom is 0.113 e. The Balaban J connectivity index is 2.02. The summed E-state index contributed by atoms with van der Waals surface area (Å²) in [5.74, 6) is 0. The second-order valence-electron chi connectivity index (χ2n) is 5.73. The van der Waals surface area contributed by atoms with Gasteiger partial charge in [0.05, 0.1) is 17.8 Å². The molecule has 1 atom stereocenters. The van der Waals surface area contributed by atoms with E-state index in [0.717, 1.165) is 23.7 Å². The zero-order valence-electron chi connectivity index (χ0n) is 12.8. The summed E-state index contributed by atoms with van der Waals surface area (Å²) in [7, 11) is 0. The van der Waals surface area contributed by atoms with Gasteiger partial charge in [0.15, 0.2) is 0 Å². The summed E-state index contributed by atoms with van der Waals surface area (Å²) in [4.78, 5) is 5.96. The predicted octanol–water partition coefficient (Wildman–Crippen LogP) is 3.65. The SMILES string of the molecule is Cc1nc(Cn2ccc3cccc(CC(C)N)c32)sc1C. The molecule has 4 heteroatoms. The molecule has 0 bridgehead atoms. The van der Waals surface area contributed by atoms with E-state index in [0.29, 0.717) is 0 Å². The lowest BCUT2D eigenvalue weighted by Crippen LogP contribution is -2.18. The minimum absolute atomic E-state index is 0.170. The van der Waals surface area contributed by atoms with Gasteiger partial charge in [0.25, 0.3) is 0 Å². The normalized spacial score (nSPS) is 13.0. The third kappa shape index (κ3) is 2.87. The molecule has 0 aliphatic rings. The summed E-state index contributed by atoms with van der Waals surface area (Å²) < 4.78 is 2.30. The van der Waals surface area contributed by atoms with Crippen molar-refractivity contribution >= 4 is 22.2 Å². The molecule has 2 heterocycles. The van der Waals surface area contributed by atoms with E-state index in [1.165, 1.54) is 21.3 Å². The zero-order chi connectivity index (χ0) is 15.0. The molecule has 3 nitrogen and oxygen atoms in total. The fourth-order valence-electron chi connectivity index (χ4n) is 2.74. The van der Waals surface area contributed by atoms with Crippen LogP contribution in [0, 0.1) is 13.8 Å². The smallest absolute Gasteiger partial charge is 0.113 e. The lowest BCUT2D eigenvalue weighted by atomic mass is 10.0. The molecule has 3 aromatic rings. The molecule has 3 rings (SSSR count). The third-order valence-corrected chi connectivity index (χ3v) is 4.85. The zero-order valence-corrected chi connectivity index (χ0v) is 13.6. The van der Waals surface area contributed by atoms with Crippen LogP contribution in [-0.4, -0.2) is 15.6 Å². The molecule has 2 aromatic heterocycles. The second kappa shape index (κ2) is 5.62. The number of nitrogens with two attached hydrogens (primary N) is 1.